The van der Waals surface area contributed by atoms with Crippen molar-refractivity contribution in [1.29, 1.82) is 0 Å². The first-order valence-electron chi connectivity index (χ1n) is 7.01. The van der Waals surface area contributed by atoms with Gasteiger partial charge in [0.25, 0.3) is 0 Å². The van der Waals surface area contributed by atoms with Crippen LogP contribution in [-0.2, 0) is 11.3 Å². The SMILES string of the molecule is CCNCC(OCc1ccc(Br)cc1)c1cccc(Cl)c1. The molecular formula is C17H19BrClNO. The molecule has 2 rings (SSSR count). The molecule has 0 amide bonds. The summed E-state index contributed by atoms with van der Waals surface area (Å²) in [5.41, 5.74) is 2.25. The second-order valence-electron chi connectivity index (χ2n) is 4.79. The predicted molar refractivity (Wildman–Crippen MR) is 91.7 cm³/mol. The summed E-state index contributed by atoms with van der Waals surface area (Å²) >= 11 is 9.52. The summed E-state index contributed by atoms with van der Waals surface area (Å²) in [5.74, 6) is 0. The van der Waals surface area contributed by atoms with Crippen LogP contribution >= 0.6 is 27.5 Å². The monoisotopic (exact) mass is 367 g/mol. The molecule has 1 unspecified atom stereocenters. The summed E-state index contributed by atoms with van der Waals surface area (Å²) in [7, 11) is 0. The Labute approximate surface area is 139 Å². The number of benzene rings is 2. The normalized spacial score (nSPS) is 12.3. The van der Waals surface area contributed by atoms with Crippen LogP contribution in [0.5, 0.6) is 0 Å². The standard InChI is InChI=1S/C17H19BrClNO/c1-2-20-11-17(14-4-3-5-16(19)10-14)21-12-13-6-8-15(18)9-7-13/h3-10,17,20H,2,11-12H2,1H3. The first-order chi connectivity index (χ1) is 10.2. The summed E-state index contributed by atoms with van der Waals surface area (Å²) in [6.45, 7) is 4.35. The zero-order valence-corrected chi connectivity index (χ0v) is 14.3. The largest absolute Gasteiger partial charge is 0.368 e. The molecule has 0 saturated heterocycles. The number of likely N-dealkylation sites (N-methyl/N-ethyl adjacent to an activating group) is 1. The lowest BCUT2D eigenvalue weighted by Crippen LogP contribution is -2.23. The molecule has 0 aliphatic carbocycles. The lowest BCUT2D eigenvalue weighted by Gasteiger charge is -2.19. The highest BCUT2D eigenvalue weighted by Crippen LogP contribution is 2.22. The van der Waals surface area contributed by atoms with E-state index < -0.39 is 0 Å². The van der Waals surface area contributed by atoms with Gasteiger partial charge in [0, 0.05) is 16.0 Å². The number of halogens is 2. The summed E-state index contributed by atoms with van der Waals surface area (Å²) in [5, 5.41) is 4.07. The molecule has 0 aromatic heterocycles. The maximum atomic E-state index is 6.08. The van der Waals surface area contributed by atoms with Gasteiger partial charge in [-0.15, -0.1) is 0 Å². The van der Waals surface area contributed by atoms with E-state index in [0.717, 1.165) is 33.7 Å². The van der Waals surface area contributed by atoms with Crippen molar-refractivity contribution in [1.82, 2.24) is 5.32 Å². The fourth-order valence-electron chi connectivity index (χ4n) is 2.03. The van der Waals surface area contributed by atoms with E-state index >= 15 is 0 Å². The minimum atomic E-state index is -0.00713. The molecule has 1 N–H and O–H groups in total. The van der Waals surface area contributed by atoms with Gasteiger partial charge in [-0.25, -0.2) is 0 Å². The molecule has 0 fully saturated rings. The van der Waals surface area contributed by atoms with E-state index in [2.05, 4.69) is 46.4 Å². The Bertz CT molecular complexity index is 559. The smallest absolute Gasteiger partial charge is 0.0954 e. The topological polar surface area (TPSA) is 21.3 Å². The Morgan fingerprint density at radius 3 is 2.62 bits per heavy atom. The molecule has 0 heterocycles. The molecule has 2 aromatic rings. The van der Waals surface area contributed by atoms with Crippen molar-refractivity contribution in [2.24, 2.45) is 0 Å². The van der Waals surface area contributed by atoms with E-state index in [9.17, 15) is 0 Å². The van der Waals surface area contributed by atoms with Gasteiger partial charge in [-0.3, -0.25) is 0 Å². The number of hydrogen-bond donors (Lipinski definition) is 1. The number of hydrogen-bond acceptors (Lipinski definition) is 2. The van der Waals surface area contributed by atoms with Crippen molar-refractivity contribution in [2.45, 2.75) is 19.6 Å². The third-order valence-corrected chi connectivity index (χ3v) is 3.93. The highest BCUT2D eigenvalue weighted by molar-refractivity contribution is 9.10. The molecule has 0 aliphatic heterocycles. The van der Waals surface area contributed by atoms with Crippen molar-refractivity contribution in [3.8, 4) is 0 Å². The molecule has 0 saturated carbocycles. The van der Waals surface area contributed by atoms with Crippen LogP contribution in [0.15, 0.2) is 53.0 Å². The zero-order valence-electron chi connectivity index (χ0n) is 12.0. The maximum absolute atomic E-state index is 6.08. The van der Waals surface area contributed by atoms with Crippen LogP contribution in [0.1, 0.15) is 24.2 Å². The average Bonchev–Trinajstić information content (AvgIpc) is 2.49. The highest BCUT2D eigenvalue weighted by Gasteiger charge is 2.12. The molecule has 0 bridgehead atoms. The molecule has 112 valence electrons. The lowest BCUT2D eigenvalue weighted by molar-refractivity contribution is 0.0401. The van der Waals surface area contributed by atoms with E-state index in [4.69, 9.17) is 16.3 Å². The second-order valence-corrected chi connectivity index (χ2v) is 6.14. The first-order valence-corrected chi connectivity index (χ1v) is 8.18. The zero-order chi connectivity index (χ0) is 15.1. The summed E-state index contributed by atoms with van der Waals surface area (Å²) in [4.78, 5) is 0. The average molecular weight is 369 g/mol. The van der Waals surface area contributed by atoms with E-state index in [-0.39, 0.29) is 6.10 Å². The molecule has 21 heavy (non-hydrogen) atoms. The second kappa shape index (κ2) is 8.54. The fourth-order valence-corrected chi connectivity index (χ4v) is 2.50. The minimum Gasteiger partial charge on any atom is -0.368 e. The third-order valence-electron chi connectivity index (χ3n) is 3.16. The van der Waals surface area contributed by atoms with Gasteiger partial charge in [-0.2, -0.15) is 0 Å². The first kappa shape index (κ1) is 16.5. The number of ether oxygens (including phenoxy) is 1. The predicted octanol–water partition coefficient (Wildman–Crippen LogP) is 4.97. The molecule has 0 radical (unpaired) electrons. The number of rotatable bonds is 7. The molecule has 4 heteroatoms. The van der Waals surface area contributed by atoms with Gasteiger partial charge in [0.05, 0.1) is 12.7 Å². The summed E-state index contributed by atoms with van der Waals surface area (Å²) < 4.78 is 7.15. The molecule has 2 nitrogen and oxygen atoms in total. The highest BCUT2D eigenvalue weighted by atomic mass is 79.9. The maximum Gasteiger partial charge on any atom is 0.0954 e. The van der Waals surface area contributed by atoms with E-state index in [0.29, 0.717) is 6.61 Å². The lowest BCUT2D eigenvalue weighted by atomic mass is 10.1. The van der Waals surface area contributed by atoms with Crippen LogP contribution in [0, 0.1) is 0 Å². The van der Waals surface area contributed by atoms with Crippen LogP contribution in [0.4, 0.5) is 0 Å². The van der Waals surface area contributed by atoms with E-state index in [1.165, 1.54) is 0 Å². The van der Waals surface area contributed by atoms with Gasteiger partial charge in [0.15, 0.2) is 0 Å². The van der Waals surface area contributed by atoms with Crippen molar-refractivity contribution in [3.63, 3.8) is 0 Å². The minimum absolute atomic E-state index is 0.00713. The van der Waals surface area contributed by atoms with Crippen molar-refractivity contribution in [2.75, 3.05) is 13.1 Å². The van der Waals surface area contributed by atoms with Gasteiger partial charge >= 0.3 is 0 Å². The van der Waals surface area contributed by atoms with Crippen LogP contribution in [0.25, 0.3) is 0 Å². The molecule has 0 aliphatic rings. The Morgan fingerprint density at radius 1 is 1.19 bits per heavy atom. The Morgan fingerprint density at radius 2 is 1.95 bits per heavy atom. The van der Waals surface area contributed by atoms with Gasteiger partial charge in [-0.1, -0.05) is 58.7 Å². The molecular weight excluding hydrogens is 350 g/mol. The van der Waals surface area contributed by atoms with Gasteiger partial charge in [0.2, 0.25) is 0 Å². The third kappa shape index (κ3) is 5.44. The van der Waals surface area contributed by atoms with Crippen LogP contribution in [0.3, 0.4) is 0 Å². The summed E-state index contributed by atoms with van der Waals surface area (Å²) in [6, 6.07) is 16.0. The van der Waals surface area contributed by atoms with Crippen LogP contribution in [0.2, 0.25) is 5.02 Å². The van der Waals surface area contributed by atoms with Crippen LogP contribution in [-0.4, -0.2) is 13.1 Å². The van der Waals surface area contributed by atoms with Gasteiger partial charge in [-0.05, 0) is 41.9 Å². The Hall–Kier alpha value is -0.870. The summed E-state index contributed by atoms with van der Waals surface area (Å²) in [6.07, 6.45) is -0.00713. The van der Waals surface area contributed by atoms with Crippen molar-refractivity contribution >= 4 is 27.5 Å². The molecule has 1 atom stereocenters. The van der Waals surface area contributed by atoms with Crippen molar-refractivity contribution in [3.05, 3.63) is 69.2 Å². The Kier molecular flexibility index (Phi) is 6.71. The van der Waals surface area contributed by atoms with Gasteiger partial charge in [0.1, 0.15) is 0 Å². The number of nitrogens with one attached hydrogen (secondary N) is 1. The molecule has 0 spiro atoms. The quantitative estimate of drug-likeness (QED) is 0.745. The van der Waals surface area contributed by atoms with E-state index in [1.54, 1.807) is 0 Å². The Balaban J connectivity index is 2.04. The molecule has 2 aromatic carbocycles. The fraction of sp³-hybridized carbons (Fsp3) is 0.294. The van der Waals surface area contributed by atoms with Crippen molar-refractivity contribution < 1.29 is 4.74 Å². The van der Waals surface area contributed by atoms with Crippen LogP contribution < -0.4 is 5.32 Å². The van der Waals surface area contributed by atoms with Gasteiger partial charge < -0.3 is 10.1 Å². The van der Waals surface area contributed by atoms with E-state index in [1.807, 2.05) is 30.3 Å².